The number of hydrogen-bond donors (Lipinski definition) is 0. The third-order valence-electron chi connectivity index (χ3n) is 4.53. The second kappa shape index (κ2) is 7.36. The van der Waals surface area contributed by atoms with E-state index in [0.717, 1.165) is 0 Å². The van der Waals surface area contributed by atoms with Crippen LogP contribution in [0.15, 0.2) is 58.3 Å². The molecule has 0 spiro atoms. The van der Waals surface area contributed by atoms with Crippen LogP contribution in [0.25, 0.3) is 11.3 Å². The second-order valence-corrected chi connectivity index (χ2v) is 7.18. The van der Waals surface area contributed by atoms with Crippen LogP contribution in [0.5, 0.6) is 0 Å². The van der Waals surface area contributed by atoms with Gasteiger partial charge in [0.1, 0.15) is 11.6 Å². The molecule has 0 bridgehead atoms. The van der Waals surface area contributed by atoms with Gasteiger partial charge in [-0.2, -0.15) is 0 Å². The number of benzene rings is 1. The number of furan rings is 1. The number of amides is 2. The molecule has 0 saturated carbocycles. The lowest BCUT2D eigenvalue weighted by Gasteiger charge is -2.34. The van der Waals surface area contributed by atoms with Crippen LogP contribution in [0.4, 0.5) is 4.39 Å². The molecular formula is C20H17FN2O3S. The van der Waals surface area contributed by atoms with Crippen molar-refractivity contribution in [3.05, 3.63) is 70.4 Å². The van der Waals surface area contributed by atoms with E-state index >= 15 is 0 Å². The molecule has 0 N–H and O–H groups in total. The molecule has 1 saturated heterocycles. The van der Waals surface area contributed by atoms with Gasteiger partial charge in [-0.05, 0) is 47.8 Å². The van der Waals surface area contributed by atoms with Gasteiger partial charge in [-0.15, -0.1) is 11.3 Å². The summed E-state index contributed by atoms with van der Waals surface area (Å²) < 4.78 is 18.7. The van der Waals surface area contributed by atoms with E-state index in [2.05, 4.69) is 0 Å². The van der Waals surface area contributed by atoms with E-state index in [1.165, 1.54) is 23.5 Å². The van der Waals surface area contributed by atoms with Gasteiger partial charge < -0.3 is 14.2 Å². The van der Waals surface area contributed by atoms with Gasteiger partial charge in [-0.1, -0.05) is 6.07 Å². The SMILES string of the molecule is O=C(c1ccc(-c2ccc(F)cc2)o1)N1CCN(C(=O)c2cccs2)CC1. The van der Waals surface area contributed by atoms with Gasteiger partial charge >= 0.3 is 0 Å². The maximum absolute atomic E-state index is 13.0. The fourth-order valence-electron chi connectivity index (χ4n) is 3.05. The van der Waals surface area contributed by atoms with Crippen LogP contribution < -0.4 is 0 Å². The first-order valence-electron chi connectivity index (χ1n) is 8.59. The van der Waals surface area contributed by atoms with Gasteiger partial charge in [0, 0.05) is 31.7 Å². The summed E-state index contributed by atoms with van der Waals surface area (Å²) in [6.07, 6.45) is 0. The van der Waals surface area contributed by atoms with E-state index in [0.29, 0.717) is 42.4 Å². The van der Waals surface area contributed by atoms with Crippen molar-refractivity contribution >= 4 is 23.2 Å². The predicted octanol–water partition coefficient (Wildman–Crippen LogP) is 3.75. The van der Waals surface area contributed by atoms with Crippen molar-refractivity contribution in [2.45, 2.75) is 0 Å². The van der Waals surface area contributed by atoms with Crippen LogP contribution in [-0.4, -0.2) is 47.8 Å². The van der Waals surface area contributed by atoms with Gasteiger partial charge in [-0.3, -0.25) is 9.59 Å². The van der Waals surface area contributed by atoms with E-state index in [1.54, 1.807) is 34.1 Å². The van der Waals surface area contributed by atoms with Gasteiger partial charge in [0.25, 0.3) is 11.8 Å². The van der Waals surface area contributed by atoms with Crippen molar-refractivity contribution in [1.82, 2.24) is 9.80 Å². The minimum atomic E-state index is -0.323. The quantitative estimate of drug-likeness (QED) is 0.691. The van der Waals surface area contributed by atoms with Gasteiger partial charge in [-0.25, -0.2) is 4.39 Å². The highest BCUT2D eigenvalue weighted by atomic mass is 32.1. The smallest absolute Gasteiger partial charge is 0.289 e. The van der Waals surface area contributed by atoms with E-state index in [-0.39, 0.29) is 23.4 Å². The number of halogens is 1. The zero-order chi connectivity index (χ0) is 18.8. The maximum atomic E-state index is 13.0. The van der Waals surface area contributed by atoms with E-state index in [1.807, 2.05) is 17.5 Å². The topological polar surface area (TPSA) is 53.8 Å². The summed E-state index contributed by atoms with van der Waals surface area (Å²) in [5, 5.41) is 1.88. The highest BCUT2D eigenvalue weighted by Gasteiger charge is 2.27. The Morgan fingerprint density at radius 3 is 2.19 bits per heavy atom. The Hall–Kier alpha value is -2.93. The van der Waals surface area contributed by atoms with Crippen LogP contribution in [0.2, 0.25) is 0 Å². The third-order valence-corrected chi connectivity index (χ3v) is 5.39. The zero-order valence-corrected chi connectivity index (χ0v) is 15.2. The molecule has 3 heterocycles. The number of carbonyl (C=O) groups is 2. The first kappa shape index (κ1) is 17.5. The molecule has 1 aliphatic rings. The summed E-state index contributed by atoms with van der Waals surface area (Å²) in [5.41, 5.74) is 0.710. The van der Waals surface area contributed by atoms with Crippen molar-refractivity contribution < 1.29 is 18.4 Å². The minimum Gasteiger partial charge on any atom is -0.451 e. The van der Waals surface area contributed by atoms with Crippen molar-refractivity contribution in [2.24, 2.45) is 0 Å². The Kier molecular flexibility index (Phi) is 4.77. The molecule has 1 fully saturated rings. The third kappa shape index (κ3) is 3.64. The first-order chi connectivity index (χ1) is 13.1. The van der Waals surface area contributed by atoms with E-state index in [9.17, 15) is 14.0 Å². The molecular weight excluding hydrogens is 367 g/mol. The Morgan fingerprint density at radius 2 is 1.56 bits per heavy atom. The number of hydrogen-bond acceptors (Lipinski definition) is 4. The molecule has 7 heteroatoms. The molecule has 0 atom stereocenters. The van der Waals surface area contributed by atoms with Gasteiger partial charge in [0.05, 0.1) is 4.88 Å². The number of rotatable bonds is 3. The number of thiophene rings is 1. The molecule has 0 unspecified atom stereocenters. The average Bonchev–Trinajstić information content (AvgIpc) is 3.40. The lowest BCUT2D eigenvalue weighted by Crippen LogP contribution is -2.50. The van der Waals surface area contributed by atoms with Crippen LogP contribution in [0, 0.1) is 5.82 Å². The Labute approximate surface area is 159 Å². The summed E-state index contributed by atoms with van der Waals surface area (Å²) in [4.78, 5) is 29.2. The minimum absolute atomic E-state index is 0.00805. The van der Waals surface area contributed by atoms with Crippen molar-refractivity contribution in [1.29, 1.82) is 0 Å². The molecule has 27 heavy (non-hydrogen) atoms. The zero-order valence-electron chi connectivity index (χ0n) is 14.4. The summed E-state index contributed by atoms with van der Waals surface area (Å²) in [5.74, 6) is 0.245. The van der Waals surface area contributed by atoms with Crippen LogP contribution >= 0.6 is 11.3 Å². The second-order valence-electron chi connectivity index (χ2n) is 6.23. The van der Waals surface area contributed by atoms with E-state index in [4.69, 9.17) is 4.42 Å². The monoisotopic (exact) mass is 384 g/mol. The molecule has 0 radical (unpaired) electrons. The Bertz CT molecular complexity index is 942. The molecule has 0 aliphatic carbocycles. The first-order valence-corrected chi connectivity index (χ1v) is 9.47. The van der Waals surface area contributed by atoms with Crippen molar-refractivity contribution in [3.63, 3.8) is 0 Å². The van der Waals surface area contributed by atoms with Crippen LogP contribution in [-0.2, 0) is 0 Å². The Morgan fingerprint density at radius 1 is 0.889 bits per heavy atom. The molecule has 138 valence electrons. The fraction of sp³-hybridized carbons (Fsp3) is 0.200. The molecule has 2 aromatic heterocycles. The molecule has 4 rings (SSSR count). The number of piperazine rings is 1. The largest absolute Gasteiger partial charge is 0.451 e. The maximum Gasteiger partial charge on any atom is 0.289 e. The Balaban J connectivity index is 1.40. The van der Waals surface area contributed by atoms with Crippen LogP contribution in [0.3, 0.4) is 0 Å². The summed E-state index contributed by atoms with van der Waals surface area (Å²) in [6, 6.07) is 12.9. The fourth-order valence-corrected chi connectivity index (χ4v) is 3.74. The average molecular weight is 384 g/mol. The molecule has 3 aromatic rings. The predicted molar refractivity (Wildman–Crippen MR) is 100 cm³/mol. The number of nitrogens with zero attached hydrogens (tertiary/aromatic N) is 2. The normalized spacial score (nSPS) is 14.4. The molecule has 1 aliphatic heterocycles. The number of carbonyl (C=O) groups excluding carboxylic acids is 2. The molecule has 1 aromatic carbocycles. The van der Waals surface area contributed by atoms with Crippen molar-refractivity contribution in [2.75, 3.05) is 26.2 Å². The lowest BCUT2D eigenvalue weighted by molar-refractivity contribution is 0.0521. The summed E-state index contributed by atoms with van der Waals surface area (Å²) in [6.45, 7) is 1.91. The summed E-state index contributed by atoms with van der Waals surface area (Å²) in [7, 11) is 0. The highest BCUT2D eigenvalue weighted by molar-refractivity contribution is 7.12. The molecule has 2 amide bonds. The van der Waals surface area contributed by atoms with Crippen LogP contribution in [0.1, 0.15) is 20.2 Å². The van der Waals surface area contributed by atoms with Gasteiger partial charge in [0.15, 0.2) is 5.76 Å². The van der Waals surface area contributed by atoms with Gasteiger partial charge in [0.2, 0.25) is 0 Å². The highest BCUT2D eigenvalue weighted by Crippen LogP contribution is 2.23. The molecule has 5 nitrogen and oxygen atoms in total. The van der Waals surface area contributed by atoms with Crippen molar-refractivity contribution in [3.8, 4) is 11.3 Å². The lowest BCUT2D eigenvalue weighted by atomic mass is 10.2. The standard InChI is InChI=1S/C20H17FN2O3S/c21-15-5-3-14(4-6-15)16-7-8-17(26-16)19(24)22-9-11-23(12-10-22)20(25)18-2-1-13-27-18/h1-8,13H,9-12H2. The summed E-state index contributed by atoms with van der Waals surface area (Å²) >= 11 is 1.42. The van der Waals surface area contributed by atoms with E-state index < -0.39 is 0 Å².